The molecule has 3 rings (SSSR count). The molecule has 0 atom stereocenters. The van der Waals surface area contributed by atoms with Crippen LogP contribution < -0.4 is 4.90 Å². The molecule has 6 nitrogen and oxygen atoms in total. The summed E-state index contributed by atoms with van der Waals surface area (Å²) in [6.45, 7) is 5.02. The van der Waals surface area contributed by atoms with Crippen molar-refractivity contribution in [3.05, 3.63) is 29.8 Å². The smallest absolute Gasteiger partial charge is 0.282 e. The van der Waals surface area contributed by atoms with Crippen LogP contribution in [0.25, 0.3) is 0 Å². The molecule has 1 aromatic carbocycles. The first-order valence-electron chi connectivity index (χ1n) is 9.20. The summed E-state index contributed by atoms with van der Waals surface area (Å²) in [6.07, 6.45) is 4.17. The van der Waals surface area contributed by atoms with Crippen molar-refractivity contribution in [3.8, 4) is 0 Å². The van der Waals surface area contributed by atoms with E-state index in [4.69, 9.17) is 4.74 Å². The fourth-order valence-electron chi connectivity index (χ4n) is 3.44. The molecule has 1 aromatic rings. The topological polar surface area (TPSA) is 53.1 Å². The molecule has 2 fully saturated rings. The normalized spacial score (nSPS) is 20.6. The molecule has 2 saturated heterocycles. The van der Waals surface area contributed by atoms with Gasteiger partial charge in [0.05, 0.1) is 13.2 Å². The van der Waals surface area contributed by atoms with Gasteiger partial charge in [0.25, 0.3) is 10.2 Å². The van der Waals surface area contributed by atoms with E-state index in [-0.39, 0.29) is 0 Å². The highest BCUT2D eigenvalue weighted by atomic mass is 32.2. The fourth-order valence-corrected chi connectivity index (χ4v) is 4.87. The van der Waals surface area contributed by atoms with Gasteiger partial charge in [-0.3, -0.25) is 0 Å². The molecule has 2 aliphatic heterocycles. The summed E-state index contributed by atoms with van der Waals surface area (Å²) in [6, 6.07) is 8.21. The summed E-state index contributed by atoms with van der Waals surface area (Å²) in [5.74, 6) is 0. The van der Waals surface area contributed by atoms with Gasteiger partial charge in [0.15, 0.2) is 0 Å². The van der Waals surface area contributed by atoms with Crippen molar-refractivity contribution in [3.63, 3.8) is 0 Å². The number of morpholine rings is 1. The maximum absolute atomic E-state index is 12.8. The SMILES string of the molecule is CN(Cc1ccc(N2CCOCC2)cc1)S(=O)(=O)N1CCCCCC1. The van der Waals surface area contributed by atoms with Gasteiger partial charge in [-0.2, -0.15) is 17.0 Å². The second-order valence-corrected chi connectivity index (χ2v) is 8.88. The predicted molar refractivity (Wildman–Crippen MR) is 99.9 cm³/mol. The predicted octanol–water partition coefficient (Wildman–Crippen LogP) is 2.08. The molecule has 0 aromatic heterocycles. The lowest BCUT2D eigenvalue weighted by Gasteiger charge is -2.29. The van der Waals surface area contributed by atoms with Gasteiger partial charge < -0.3 is 9.64 Å². The Labute approximate surface area is 151 Å². The van der Waals surface area contributed by atoms with Crippen molar-refractivity contribution in [2.24, 2.45) is 0 Å². The molecule has 0 N–H and O–H groups in total. The van der Waals surface area contributed by atoms with Crippen LogP contribution in [0.5, 0.6) is 0 Å². The Morgan fingerprint density at radius 1 is 0.960 bits per heavy atom. The standard InChI is InChI=1S/C18H29N3O3S/c1-19(25(22,23)21-10-4-2-3-5-11-21)16-17-6-8-18(9-7-17)20-12-14-24-15-13-20/h6-9H,2-5,10-16H2,1H3. The summed E-state index contributed by atoms with van der Waals surface area (Å²) in [5.41, 5.74) is 2.18. The molecule has 2 heterocycles. The number of hydrogen-bond donors (Lipinski definition) is 0. The van der Waals surface area contributed by atoms with E-state index in [0.29, 0.717) is 19.6 Å². The van der Waals surface area contributed by atoms with E-state index in [9.17, 15) is 8.42 Å². The molecular weight excluding hydrogens is 338 g/mol. The van der Waals surface area contributed by atoms with Crippen molar-refractivity contribution in [2.75, 3.05) is 51.3 Å². The van der Waals surface area contributed by atoms with Crippen molar-refractivity contribution < 1.29 is 13.2 Å². The molecule has 0 radical (unpaired) electrons. The van der Waals surface area contributed by atoms with Crippen LogP contribution in [0, 0.1) is 0 Å². The molecule has 0 bridgehead atoms. The lowest BCUT2D eigenvalue weighted by atomic mass is 10.2. The molecular formula is C18H29N3O3S. The van der Waals surface area contributed by atoms with Crippen LogP contribution >= 0.6 is 0 Å². The van der Waals surface area contributed by atoms with Gasteiger partial charge in [-0.05, 0) is 30.5 Å². The third-order valence-corrected chi connectivity index (χ3v) is 6.94. The molecule has 7 heteroatoms. The zero-order valence-electron chi connectivity index (χ0n) is 15.1. The van der Waals surface area contributed by atoms with Crippen LogP contribution in [0.1, 0.15) is 31.2 Å². The highest BCUT2D eigenvalue weighted by Crippen LogP contribution is 2.20. The van der Waals surface area contributed by atoms with E-state index in [1.807, 2.05) is 12.1 Å². The van der Waals surface area contributed by atoms with Gasteiger partial charge in [0, 0.05) is 45.5 Å². The van der Waals surface area contributed by atoms with E-state index in [1.54, 1.807) is 11.4 Å². The summed E-state index contributed by atoms with van der Waals surface area (Å²) < 4.78 is 34.1. The van der Waals surface area contributed by atoms with Crippen LogP contribution in [0.15, 0.2) is 24.3 Å². The summed E-state index contributed by atoms with van der Waals surface area (Å²) in [5, 5.41) is 0. The quantitative estimate of drug-likeness (QED) is 0.800. The number of rotatable bonds is 5. The fraction of sp³-hybridized carbons (Fsp3) is 0.667. The Balaban J connectivity index is 1.62. The van der Waals surface area contributed by atoms with E-state index in [1.165, 1.54) is 9.99 Å². The Morgan fingerprint density at radius 3 is 2.16 bits per heavy atom. The monoisotopic (exact) mass is 367 g/mol. The highest BCUT2D eigenvalue weighted by molar-refractivity contribution is 7.86. The second-order valence-electron chi connectivity index (χ2n) is 6.84. The average molecular weight is 368 g/mol. The Bertz CT molecular complexity index is 634. The lowest BCUT2D eigenvalue weighted by molar-refractivity contribution is 0.122. The van der Waals surface area contributed by atoms with E-state index >= 15 is 0 Å². The van der Waals surface area contributed by atoms with Gasteiger partial charge in [-0.1, -0.05) is 25.0 Å². The first kappa shape index (κ1) is 18.6. The Morgan fingerprint density at radius 2 is 1.56 bits per heavy atom. The molecule has 2 aliphatic rings. The van der Waals surface area contributed by atoms with Gasteiger partial charge in [0.2, 0.25) is 0 Å². The van der Waals surface area contributed by atoms with E-state index in [0.717, 1.165) is 57.6 Å². The Hall–Kier alpha value is -1.15. The van der Waals surface area contributed by atoms with Crippen molar-refractivity contribution in [1.29, 1.82) is 0 Å². The van der Waals surface area contributed by atoms with Crippen molar-refractivity contribution >= 4 is 15.9 Å². The minimum atomic E-state index is -3.37. The van der Waals surface area contributed by atoms with Crippen LogP contribution in [0.2, 0.25) is 0 Å². The van der Waals surface area contributed by atoms with Crippen molar-refractivity contribution in [2.45, 2.75) is 32.2 Å². The first-order valence-corrected chi connectivity index (χ1v) is 10.6. The van der Waals surface area contributed by atoms with Crippen molar-refractivity contribution in [1.82, 2.24) is 8.61 Å². The number of hydrogen-bond acceptors (Lipinski definition) is 4. The molecule has 140 valence electrons. The van der Waals surface area contributed by atoms with Gasteiger partial charge in [0.1, 0.15) is 0 Å². The zero-order chi connectivity index (χ0) is 17.7. The largest absolute Gasteiger partial charge is 0.378 e. The van der Waals surface area contributed by atoms with E-state index < -0.39 is 10.2 Å². The summed E-state index contributed by atoms with van der Waals surface area (Å²) >= 11 is 0. The minimum absolute atomic E-state index is 0.405. The van der Waals surface area contributed by atoms with Gasteiger partial charge in [-0.15, -0.1) is 0 Å². The van der Waals surface area contributed by atoms with Gasteiger partial charge in [-0.25, -0.2) is 0 Å². The molecule has 0 aliphatic carbocycles. The molecule has 0 saturated carbocycles. The highest BCUT2D eigenvalue weighted by Gasteiger charge is 2.27. The number of anilines is 1. The van der Waals surface area contributed by atoms with Crippen LogP contribution in [0.3, 0.4) is 0 Å². The summed E-state index contributed by atoms with van der Waals surface area (Å²) in [7, 11) is -1.70. The third kappa shape index (κ3) is 4.73. The van der Waals surface area contributed by atoms with E-state index in [2.05, 4.69) is 17.0 Å². The molecule has 0 spiro atoms. The third-order valence-electron chi connectivity index (χ3n) is 5.00. The number of ether oxygens (including phenoxy) is 1. The zero-order valence-corrected chi connectivity index (χ0v) is 15.9. The minimum Gasteiger partial charge on any atom is -0.378 e. The maximum Gasteiger partial charge on any atom is 0.282 e. The number of benzene rings is 1. The van der Waals surface area contributed by atoms with Crippen LogP contribution in [0.4, 0.5) is 5.69 Å². The van der Waals surface area contributed by atoms with Crippen LogP contribution in [-0.4, -0.2) is 63.5 Å². The molecule has 25 heavy (non-hydrogen) atoms. The number of nitrogens with zero attached hydrogens (tertiary/aromatic N) is 3. The molecule has 0 unspecified atom stereocenters. The Kier molecular flexibility index (Phi) is 6.33. The maximum atomic E-state index is 12.8. The first-order chi connectivity index (χ1) is 12.1. The second kappa shape index (κ2) is 8.49. The van der Waals surface area contributed by atoms with Gasteiger partial charge >= 0.3 is 0 Å². The lowest BCUT2D eigenvalue weighted by Crippen LogP contribution is -2.42. The van der Waals surface area contributed by atoms with Crippen LogP contribution in [-0.2, 0) is 21.5 Å². The summed E-state index contributed by atoms with van der Waals surface area (Å²) in [4.78, 5) is 2.30. The average Bonchev–Trinajstić information content (AvgIpc) is 2.93. The molecule has 0 amide bonds.